The standard InChI is InChI=1S/C16H15FN2O3S/c17-11-3-5-12(6-4-11)18-16(21)14-9-22-10-15(20)19(14)8-13-2-1-7-23-13/h1-7,14H,8-10H2,(H,18,21)/t14-/m0/s1. The zero-order chi connectivity index (χ0) is 16.2. The van der Waals surface area contributed by atoms with Gasteiger partial charge in [0.2, 0.25) is 11.8 Å². The summed E-state index contributed by atoms with van der Waals surface area (Å²) in [6.45, 7) is 0.497. The summed E-state index contributed by atoms with van der Waals surface area (Å²) in [5, 5.41) is 4.62. The minimum Gasteiger partial charge on any atom is -0.369 e. The molecule has 23 heavy (non-hydrogen) atoms. The first-order chi connectivity index (χ1) is 11.1. The van der Waals surface area contributed by atoms with Gasteiger partial charge in [-0.2, -0.15) is 0 Å². The zero-order valence-corrected chi connectivity index (χ0v) is 13.0. The second-order valence-corrected chi connectivity index (χ2v) is 6.16. The summed E-state index contributed by atoms with van der Waals surface area (Å²) >= 11 is 1.53. The van der Waals surface area contributed by atoms with Crippen LogP contribution in [-0.2, 0) is 20.9 Å². The lowest BCUT2D eigenvalue weighted by atomic mass is 10.2. The predicted molar refractivity (Wildman–Crippen MR) is 84.5 cm³/mol. The van der Waals surface area contributed by atoms with Crippen LogP contribution in [0.15, 0.2) is 41.8 Å². The molecule has 2 amide bonds. The van der Waals surface area contributed by atoms with Crippen LogP contribution in [0, 0.1) is 5.82 Å². The number of anilines is 1. The highest BCUT2D eigenvalue weighted by atomic mass is 32.1. The van der Waals surface area contributed by atoms with Gasteiger partial charge in [-0.15, -0.1) is 11.3 Å². The number of benzene rings is 1. The number of amides is 2. The number of nitrogens with zero attached hydrogens (tertiary/aromatic N) is 1. The van der Waals surface area contributed by atoms with E-state index in [0.717, 1.165) is 4.88 Å². The van der Waals surface area contributed by atoms with Crippen molar-refractivity contribution in [3.8, 4) is 0 Å². The molecule has 2 aromatic rings. The summed E-state index contributed by atoms with van der Waals surface area (Å²) in [6.07, 6.45) is 0. The molecule has 1 aliphatic heterocycles. The van der Waals surface area contributed by atoms with E-state index in [9.17, 15) is 14.0 Å². The SMILES string of the molecule is O=C(Nc1ccc(F)cc1)[C@@H]1COCC(=O)N1Cc1cccs1. The maximum absolute atomic E-state index is 12.9. The molecule has 0 spiro atoms. The molecule has 0 bridgehead atoms. The van der Waals surface area contributed by atoms with Crippen molar-refractivity contribution < 1.29 is 18.7 Å². The van der Waals surface area contributed by atoms with Crippen molar-refractivity contribution in [3.63, 3.8) is 0 Å². The van der Waals surface area contributed by atoms with Gasteiger partial charge in [-0.1, -0.05) is 6.07 Å². The Kier molecular flexibility index (Phi) is 4.68. The van der Waals surface area contributed by atoms with Crippen molar-refractivity contribution in [2.45, 2.75) is 12.6 Å². The van der Waals surface area contributed by atoms with Crippen molar-refractivity contribution in [2.75, 3.05) is 18.5 Å². The van der Waals surface area contributed by atoms with Gasteiger partial charge in [0.05, 0.1) is 13.2 Å². The summed E-state index contributed by atoms with van der Waals surface area (Å²) < 4.78 is 18.1. The largest absolute Gasteiger partial charge is 0.369 e. The van der Waals surface area contributed by atoms with Gasteiger partial charge in [0.1, 0.15) is 18.5 Å². The van der Waals surface area contributed by atoms with Crippen molar-refractivity contribution in [1.29, 1.82) is 0 Å². The van der Waals surface area contributed by atoms with Gasteiger partial charge >= 0.3 is 0 Å². The molecule has 0 radical (unpaired) electrons. The smallest absolute Gasteiger partial charge is 0.249 e. The molecule has 7 heteroatoms. The predicted octanol–water partition coefficient (Wildman–Crippen LogP) is 2.25. The number of rotatable bonds is 4. The van der Waals surface area contributed by atoms with Crippen LogP contribution in [0.4, 0.5) is 10.1 Å². The lowest BCUT2D eigenvalue weighted by molar-refractivity contribution is -0.153. The maximum atomic E-state index is 12.9. The van der Waals surface area contributed by atoms with Crippen LogP contribution in [0.2, 0.25) is 0 Å². The van der Waals surface area contributed by atoms with Gasteiger partial charge in [-0.25, -0.2) is 4.39 Å². The van der Waals surface area contributed by atoms with Crippen LogP contribution in [-0.4, -0.2) is 36.0 Å². The molecule has 1 saturated heterocycles. The summed E-state index contributed by atoms with van der Waals surface area (Å²) in [7, 11) is 0. The van der Waals surface area contributed by atoms with E-state index in [2.05, 4.69) is 5.32 Å². The van der Waals surface area contributed by atoms with Crippen LogP contribution < -0.4 is 5.32 Å². The molecular weight excluding hydrogens is 319 g/mol. The van der Waals surface area contributed by atoms with Gasteiger partial charge < -0.3 is 15.0 Å². The van der Waals surface area contributed by atoms with Gasteiger partial charge in [0.15, 0.2) is 0 Å². The topological polar surface area (TPSA) is 58.6 Å². The molecule has 1 N–H and O–H groups in total. The lowest BCUT2D eigenvalue weighted by Gasteiger charge is -2.34. The van der Waals surface area contributed by atoms with E-state index in [-0.39, 0.29) is 30.8 Å². The van der Waals surface area contributed by atoms with E-state index in [0.29, 0.717) is 12.2 Å². The summed E-state index contributed by atoms with van der Waals surface area (Å²) in [5.41, 5.74) is 0.477. The number of carbonyl (C=O) groups excluding carboxylic acids is 2. The minimum atomic E-state index is -0.705. The summed E-state index contributed by atoms with van der Waals surface area (Å²) in [6, 6.07) is 8.60. The van der Waals surface area contributed by atoms with Crippen LogP contribution >= 0.6 is 11.3 Å². The number of nitrogens with one attached hydrogen (secondary N) is 1. The first-order valence-electron chi connectivity index (χ1n) is 7.09. The van der Waals surface area contributed by atoms with E-state index in [4.69, 9.17) is 4.74 Å². The third-order valence-corrected chi connectivity index (χ3v) is 4.38. The highest BCUT2D eigenvalue weighted by molar-refractivity contribution is 7.09. The molecule has 0 aliphatic carbocycles. The van der Waals surface area contributed by atoms with Gasteiger partial charge in [-0.05, 0) is 35.7 Å². The van der Waals surface area contributed by atoms with Gasteiger partial charge in [-0.3, -0.25) is 9.59 Å². The quantitative estimate of drug-likeness (QED) is 0.933. The Bertz CT molecular complexity index is 688. The minimum absolute atomic E-state index is 0.0221. The molecule has 3 rings (SSSR count). The Morgan fingerprint density at radius 2 is 2.13 bits per heavy atom. The number of thiophene rings is 1. The van der Waals surface area contributed by atoms with Crippen molar-refractivity contribution >= 4 is 28.8 Å². The average Bonchev–Trinajstić information content (AvgIpc) is 3.04. The van der Waals surface area contributed by atoms with E-state index >= 15 is 0 Å². The normalized spacial score (nSPS) is 18.0. The van der Waals surface area contributed by atoms with Gasteiger partial charge in [0.25, 0.3) is 0 Å². The maximum Gasteiger partial charge on any atom is 0.249 e. The number of ether oxygens (including phenoxy) is 1. The molecule has 1 atom stereocenters. The van der Waals surface area contributed by atoms with Crippen molar-refractivity contribution in [1.82, 2.24) is 4.90 Å². The average molecular weight is 334 g/mol. The van der Waals surface area contributed by atoms with Crippen molar-refractivity contribution in [2.24, 2.45) is 0 Å². The first kappa shape index (κ1) is 15.6. The number of hydrogen-bond acceptors (Lipinski definition) is 4. The van der Waals surface area contributed by atoms with Crippen LogP contribution in [0.3, 0.4) is 0 Å². The van der Waals surface area contributed by atoms with Crippen LogP contribution in [0.5, 0.6) is 0 Å². The fraction of sp³-hybridized carbons (Fsp3) is 0.250. The van der Waals surface area contributed by atoms with Crippen LogP contribution in [0.25, 0.3) is 0 Å². The molecule has 2 heterocycles. The van der Waals surface area contributed by atoms with Gasteiger partial charge in [0, 0.05) is 10.6 Å². The zero-order valence-electron chi connectivity index (χ0n) is 12.2. The Hall–Kier alpha value is -2.25. The lowest BCUT2D eigenvalue weighted by Crippen LogP contribution is -2.54. The Balaban J connectivity index is 1.73. The molecule has 1 fully saturated rings. The van der Waals surface area contributed by atoms with E-state index in [1.165, 1.54) is 40.5 Å². The first-order valence-corrected chi connectivity index (χ1v) is 7.97. The molecule has 1 aliphatic rings. The molecule has 0 unspecified atom stereocenters. The fourth-order valence-corrected chi connectivity index (χ4v) is 3.05. The molecule has 1 aromatic carbocycles. The third-order valence-electron chi connectivity index (χ3n) is 3.52. The second-order valence-electron chi connectivity index (χ2n) is 5.13. The van der Waals surface area contributed by atoms with E-state index < -0.39 is 6.04 Å². The van der Waals surface area contributed by atoms with Crippen LogP contribution in [0.1, 0.15) is 4.88 Å². The summed E-state index contributed by atoms with van der Waals surface area (Å²) in [4.78, 5) is 27.1. The summed E-state index contributed by atoms with van der Waals surface area (Å²) in [5.74, 6) is -0.941. The third kappa shape index (κ3) is 3.75. The molecule has 5 nitrogen and oxygen atoms in total. The van der Waals surface area contributed by atoms with Crippen molar-refractivity contribution in [3.05, 3.63) is 52.5 Å². The monoisotopic (exact) mass is 334 g/mol. The highest BCUT2D eigenvalue weighted by Gasteiger charge is 2.34. The highest BCUT2D eigenvalue weighted by Crippen LogP contribution is 2.18. The molecule has 0 saturated carbocycles. The number of morpholine rings is 1. The molecule has 1 aromatic heterocycles. The Morgan fingerprint density at radius 1 is 1.35 bits per heavy atom. The number of halogens is 1. The Morgan fingerprint density at radius 3 is 2.83 bits per heavy atom. The second kappa shape index (κ2) is 6.89. The molecule has 120 valence electrons. The number of hydrogen-bond donors (Lipinski definition) is 1. The van der Waals surface area contributed by atoms with E-state index in [1.807, 2.05) is 17.5 Å². The van der Waals surface area contributed by atoms with E-state index in [1.54, 1.807) is 0 Å². The molecular formula is C16H15FN2O3S. The number of carbonyl (C=O) groups is 2. The Labute approximate surface area is 136 Å². The fourth-order valence-electron chi connectivity index (χ4n) is 2.35.